The molecule has 1 aromatic heterocycles. The monoisotopic (exact) mass is 300 g/mol. The molecular weight excluding hydrogens is 284 g/mol. The van der Waals surface area contributed by atoms with Gasteiger partial charge in [-0.15, -0.1) is 0 Å². The van der Waals surface area contributed by atoms with E-state index in [0.717, 1.165) is 16.6 Å². The minimum atomic E-state index is -0.656. The number of nitrogens with zero attached hydrogens (tertiary/aromatic N) is 2. The third kappa shape index (κ3) is 2.55. The molecule has 0 amide bonds. The number of hydrogen-bond donors (Lipinski definition) is 1. The van der Waals surface area contributed by atoms with Crippen molar-refractivity contribution in [2.45, 2.75) is 19.4 Å². The van der Waals surface area contributed by atoms with E-state index in [4.69, 9.17) is 11.6 Å². The third-order valence-corrected chi connectivity index (χ3v) is 4.27. The Labute approximate surface area is 128 Å². The first-order valence-corrected chi connectivity index (χ1v) is 7.29. The number of aliphatic hydroxyl groups is 1. The van der Waals surface area contributed by atoms with Crippen molar-refractivity contribution in [1.29, 1.82) is 0 Å². The van der Waals surface area contributed by atoms with Gasteiger partial charge in [0.15, 0.2) is 0 Å². The summed E-state index contributed by atoms with van der Waals surface area (Å²) in [6, 6.07) is 14.3. The molecule has 21 heavy (non-hydrogen) atoms. The van der Waals surface area contributed by atoms with E-state index >= 15 is 0 Å². The molecule has 0 aliphatic carbocycles. The highest BCUT2D eigenvalue weighted by atomic mass is 35.5. The molecule has 0 bridgehead atoms. The minimum Gasteiger partial charge on any atom is -0.388 e. The van der Waals surface area contributed by atoms with Gasteiger partial charge < -0.3 is 5.11 Å². The summed E-state index contributed by atoms with van der Waals surface area (Å²) >= 11 is 6.23. The molecule has 1 atom stereocenters. The normalized spacial score (nSPS) is 12.8. The van der Waals surface area contributed by atoms with Crippen LogP contribution in [0.3, 0.4) is 0 Å². The van der Waals surface area contributed by atoms with Crippen LogP contribution in [0.4, 0.5) is 0 Å². The van der Waals surface area contributed by atoms with Crippen molar-refractivity contribution in [1.82, 2.24) is 9.78 Å². The quantitative estimate of drug-likeness (QED) is 0.798. The highest BCUT2D eigenvalue weighted by Gasteiger charge is 2.20. The third-order valence-electron chi connectivity index (χ3n) is 3.82. The lowest BCUT2D eigenvalue weighted by Crippen LogP contribution is -2.04. The van der Waals surface area contributed by atoms with Crippen LogP contribution < -0.4 is 0 Å². The molecule has 0 radical (unpaired) electrons. The number of aryl methyl sites for hydroxylation is 2. The van der Waals surface area contributed by atoms with E-state index < -0.39 is 6.10 Å². The zero-order chi connectivity index (χ0) is 15.0. The number of fused-ring (bicyclic) bond motifs is 1. The summed E-state index contributed by atoms with van der Waals surface area (Å²) in [7, 11) is 1.78. The zero-order valence-corrected chi connectivity index (χ0v) is 12.8. The SMILES string of the molecule is Cc1nn(C)c(Cl)c1C(O)Cc1cccc2ccccc12. The molecule has 0 aliphatic heterocycles. The van der Waals surface area contributed by atoms with E-state index in [1.165, 1.54) is 5.39 Å². The molecule has 3 nitrogen and oxygen atoms in total. The predicted octanol–water partition coefficient (Wildman–Crippen LogP) is 3.81. The van der Waals surface area contributed by atoms with Gasteiger partial charge in [-0.3, -0.25) is 4.68 Å². The number of aliphatic hydroxyl groups excluding tert-OH is 1. The summed E-state index contributed by atoms with van der Waals surface area (Å²) in [6.07, 6.45) is -0.134. The fourth-order valence-corrected chi connectivity index (χ4v) is 3.11. The van der Waals surface area contributed by atoms with E-state index in [1.54, 1.807) is 11.7 Å². The maximum absolute atomic E-state index is 10.6. The van der Waals surface area contributed by atoms with Crippen molar-refractivity contribution in [3.63, 3.8) is 0 Å². The predicted molar refractivity (Wildman–Crippen MR) is 85.6 cm³/mol. The largest absolute Gasteiger partial charge is 0.388 e. The van der Waals surface area contributed by atoms with Crippen LogP contribution in [0.2, 0.25) is 5.15 Å². The van der Waals surface area contributed by atoms with Gasteiger partial charge in [0.25, 0.3) is 0 Å². The molecular formula is C17H17ClN2O. The number of aromatic nitrogens is 2. The van der Waals surface area contributed by atoms with Gasteiger partial charge in [-0.25, -0.2) is 0 Å². The Morgan fingerprint density at radius 2 is 1.90 bits per heavy atom. The number of rotatable bonds is 3. The fourth-order valence-electron chi connectivity index (χ4n) is 2.81. The molecule has 0 saturated heterocycles. The van der Waals surface area contributed by atoms with Crippen LogP contribution in [-0.2, 0) is 13.5 Å². The molecule has 108 valence electrons. The van der Waals surface area contributed by atoms with Crippen molar-refractivity contribution in [3.05, 3.63) is 64.4 Å². The molecule has 4 heteroatoms. The molecule has 0 spiro atoms. The van der Waals surface area contributed by atoms with Crippen LogP contribution in [0.25, 0.3) is 10.8 Å². The topological polar surface area (TPSA) is 38.0 Å². The molecule has 1 N–H and O–H groups in total. The Morgan fingerprint density at radius 1 is 1.19 bits per heavy atom. The number of halogens is 1. The number of hydrogen-bond acceptors (Lipinski definition) is 2. The van der Waals surface area contributed by atoms with Gasteiger partial charge in [0.05, 0.1) is 11.8 Å². The Morgan fingerprint density at radius 3 is 2.62 bits per heavy atom. The highest BCUT2D eigenvalue weighted by molar-refractivity contribution is 6.30. The Balaban J connectivity index is 1.98. The molecule has 0 fully saturated rings. The Bertz CT molecular complexity index is 789. The molecule has 3 rings (SSSR count). The second kappa shape index (κ2) is 5.51. The van der Waals surface area contributed by atoms with Gasteiger partial charge >= 0.3 is 0 Å². The zero-order valence-electron chi connectivity index (χ0n) is 12.0. The van der Waals surface area contributed by atoms with Crippen LogP contribution in [0.5, 0.6) is 0 Å². The van der Waals surface area contributed by atoms with E-state index in [0.29, 0.717) is 17.1 Å². The standard InChI is InChI=1S/C17H17ClN2O/c1-11-16(17(18)20(2)19-11)15(21)10-13-8-5-7-12-6-3-4-9-14(12)13/h3-9,15,21H,10H2,1-2H3. The average Bonchev–Trinajstić information content (AvgIpc) is 2.72. The minimum absolute atomic E-state index is 0.500. The van der Waals surface area contributed by atoms with Crippen molar-refractivity contribution in [3.8, 4) is 0 Å². The Hall–Kier alpha value is -1.84. The van der Waals surface area contributed by atoms with Crippen molar-refractivity contribution in [2.75, 3.05) is 0 Å². The van der Waals surface area contributed by atoms with Gasteiger partial charge in [0.2, 0.25) is 0 Å². The maximum Gasteiger partial charge on any atom is 0.132 e. The first-order chi connectivity index (χ1) is 10.1. The van der Waals surface area contributed by atoms with E-state index in [1.807, 2.05) is 31.2 Å². The maximum atomic E-state index is 10.6. The van der Waals surface area contributed by atoms with Gasteiger partial charge in [0, 0.05) is 19.0 Å². The smallest absolute Gasteiger partial charge is 0.132 e. The fraction of sp³-hybridized carbons (Fsp3) is 0.235. The first-order valence-electron chi connectivity index (χ1n) is 6.91. The summed E-state index contributed by atoms with van der Waals surface area (Å²) in [5.41, 5.74) is 2.60. The summed E-state index contributed by atoms with van der Waals surface area (Å²) in [5, 5.41) is 17.7. The number of benzene rings is 2. The van der Waals surface area contributed by atoms with Crippen LogP contribution in [0, 0.1) is 6.92 Å². The van der Waals surface area contributed by atoms with Crippen LogP contribution in [0.15, 0.2) is 42.5 Å². The molecule has 1 heterocycles. The van der Waals surface area contributed by atoms with Gasteiger partial charge in [0.1, 0.15) is 5.15 Å². The van der Waals surface area contributed by atoms with Crippen LogP contribution in [0.1, 0.15) is 22.9 Å². The summed E-state index contributed by atoms with van der Waals surface area (Å²) in [6.45, 7) is 1.87. The summed E-state index contributed by atoms with van der Waals surface area (Å²) in [5.74, 6) is 0. The van der Waals surface area contributed by atoms with Crippen LogP contribution in [-0.4, -0.2) is 14.9 Å². The molecule has 2 aromatic carbocycles. The lowest BCUT2D eigenvalue weighted by atomic mass is 9.97. The van der Waals surface area contributed by atoms with Gasteiger partial charge in [-0.1, -0.05) is 54.1 Å². The summed E-state index contributed by atoms with van der Waals surface area (Å²) in [4.78, 5) is 0. The molecule has 0 aliphatic rings. The first kappa shape index (κ1) is 14.1. The van der Waals surface area contributed by atoms with Crippen LogP contribution >= 0.6 is 11.6 Å². The summed E-state index contributed by atoms with van der Waals surface area (Å²) < 4.78 is 1.60. The van der Waals surface area contributed by atoms with Crippen molar-refractivity contribution in [2.24, 2.45) is 7.05 Å². The van der Waals surface area contributed by atoms with Crippen molar-refractivity contribution < 1.29 is 5.11 Å². The second-order valence-corrected chi connectivity index (χ2v) is 5.63. The Kier molecular flexibility index (Phi) is 3.70. The van der Waals surface area contributed by atoms with E-state index in [-0.39, 0.29) is 0 Å². The van der Waals surface area contributed by atoms with E-state index in [2.05, 4.69) is 23.3 Å². The average molecular weight is 301 g/mol. The van der Waals surface area contributed by atoms with Gasteiger partial charge in [-0.05, 0) is 23.3 Å². The van der Waals surface area contributed by atoms with Crippen molar-refractivity contribution >= 4 is 22.4 Å². The highest BCUT2D eigenvalue weighted by Crippen LogP contribution is 2.30. The molecule has 0 saturated carbocycles. The lowest BCUT2D eigenvalue weighted by Gasteiger charge is -2.13. The van der Waals surface area contributed by atoms with E-state index in [9.17, 15) is 5.11 Å². The molecule has 3 aromatic rings. The van der Waals surface area contributed by atoms with Gasteiger partial charge in [-0.2, -0.15) is 5.10 Å². The lowest BCUT2D eigenvalue weighted by molar-refractivity contribution is 0.178. The molecule has 1 unspecified atom stereocenters. The second-order valence-electron chi connectivity index (χ2n) is 5.27.